The van der Waals surface area contributed by atoms with E-state index in [0.717, 1.165) is 10.7 Å². The first-order chi connectivity index (χ1) is 16.9. The van der Waals surface area contributed by atoms with Crippen molar-refractivity contribution in [3.05, 3.63) is 90.9 Å². The molecule has 2 aromatic carbocycles. The van der Waals surface area contributed by atoms with Crippen molar-refractivity contribution in [3.63, 3.8) is 0 Å². The number of alkyl halides is 4. The number of nitrogens with two attached hydrogens (primary N) is 1. The molecule has 14 heteroatoms. The molecule has 4 rings (SSSR count). The Bertz CT molecular complexity index is 1410. The van der Waals surface area contributed by atoms with Gasteiger partial charge in [-0.15, -0.1) is 0 Å². The van der Waals surface area contributed by atoms with Gasteiger partial charge in [0, 0.05) is 27.4 Å². The lowest BCUT2D eigenvalue weighted by molar-refractivity contribution is -0.384. The maximum Gasteiger partial charge on any atom is 0.294 e. The summed E-state index contributed by atoms with van der Waals surface area (Å²) >= 11 is 6.43. The van der Waals surface area contributed by atoms with E-state index >= 15 is 0 Å². The van der Waals surface area contributed by atoms with Gasteiger partial charge in [0.05, 0.1) is 16.3 Å². The van der Waals surface area contributed by atoms with E-state index in [1.165, 1.54) is 29.8 Å². The molecule has 38 heavy (non-hydrogen) atoms. The minimum Gasteiger partial charge on any atom is -0.397 e. The van der Waals surface area contributed by atoms with Gasteiger partial charge in [-0.05, 0) is 44.2 Å². The van der Waals surface area contributed by atoms with Gasteiger partial charge in [0.15, 0.2) is 0 Å². The molecule has 0 spiro atoms. The number of nitro benzene ring substituents is 1. The van der Waals surface area contributed by atoms with Crippen LogP contribution in [0.2, 0.25) is 0 Å². The quantitative estimate of drug-likeness (QED) is 0.0996. The van der Waals surface area contributed by atoms with E-state index in [0.29, 0.717) is 21.7 Å². The average molecular weight is 666 g/mol. The first-order valence-electron chi connectivity index (χ1n) is 10.1. The average Bonchev–Trinajstić information content (AvgIpc) is 3.37. The lowest BCUT2D eigenvalue weighted by Gasteiger charge is -2.08. The van der Waals surface area contributed by atoms with Crippen molar-refractivity contribution in [1.82, 2.24) is 19.1 Å². The second-order valence-electron chi connectivity index (χ2n) is 7.36. The number of aromatic nitrogens is 4. The predicted octanol–water partition coefficient (Wildman–Crippen LogP) is 8.52. The lowest BCUT2D eigenvalue weighted by atomic mass is 10.2. The SMILES string of the molecule is C.C.Cc1nc(C(F)F)cn1-c1ccc(Br)cc1N.Cc1nc(C(F)F)cn1-c1ccc(Br)cc1[N+](=O)[O-]. The van der Waals surface area contributed by atoms with Crippen LogP contribution < -0.4 is 5.73 Å². The van der Waals surface area contributed by atoms with Crippen LogP contribution in [0.1, 0.15) is 50.7 Å². The molecule has 2 N–H and O–H groups in total. The largest absolute Gasteiger partial charge is 0.397 e. The normalized spacial score (nSPS) is 10.5. The second-order valence-corrected chi connectivity index (χ2v) is 9.19. The Morgan fingerprint density at radius 1 is 0.842 bits per heavy atom. The number of halogens is 6. The van der Waals surface area contributed by atoms with Crippen LogP contribution in [0.25, 0.3) is 11.4 Å². The summed E-state index contributed by atoms with van der Waals surface area (Å²) < 4.78 is 54.4. The molecule has 0 aliphatic carbocycles. The van der Waals surface area contributed by atoms with Gasteiger partial charge in [-0.2, -0.15) is 0 Å². The number of aryl methyl sites for hydroxylation is 2. The molecule has 0 aliphatic rings. The van der Waals surface area contributed by atoms with E-state index in [2.05, 4.69) is 41.8 Å². The summed E-state index contributed by atoms with van der Waals surface area (Å²) in [7, 11) is 0. The Hall–Kier alpha value is -3.26. The Balaban J connectivity index is 0.000000363. The zero-order chi connectivity index (χ0) is 26.7. The van der Waals surface area contributed by atoms with Crippen molar-refractivity contribution in [1.29, 1.82) is 0 Å². The molecule has 8 nitrogen and oxygen atoms in total. The predicted molar refractivity (Wildman–Crippen MR) is 146 cm³/mol. The van der Waals surface area contributed by atoms with Gasteiger partial charge < -0.3 is 10.3 Å². The Morgan fingerprint density at radius 2 is 1.26 bits per heavy atom. The van der Waals surface area contributed by atoms with Crippen LogP contribution in [0.4, 0.5) is 28.9 Å². The summed E-state index contributed by atoms with van der Waals surface area (Å²) in [5, 5.41) is 11.0. The van der Waals surface area contributed by atoms with Crippen molar-refractivity contribution in [3.8, 4) is 11.4 Å². The van der Waals surface area contributed by atoms with Crippen LogP contribution >= 0.6 is 31.9 Å². The minimum absolute atomic E-state index is 0. The molecule has 0 aliphatic heterocycles. The highest BCUT2D eigenvalue weighted by molar-refractivity contribution is 9.10. The highest BCUT2D eigenvalue weighted by Crippen LogP contribution is 2.29. The standard InChI is InChI=1S/C11H8BrF2N3O2.C11H10BrF2N3.2CH4/c1-6-15-8(11(13)14)5-16(6)9-3-2-7(12)4-10(9)17(18)19;1-6-16-9(11(13)14)5-17(6)10-3-2-7(12)4-8(10)15;;/h2-5,11H,1H3;2-5,11H,15H2,1H3;2*1H4. The summed E-state index contributed by atoms with van der Waals surface area (Å²) in [6.45, 7) is 3.17. The summed E-state index contributed by atoms with van der Waals surface area (Å²) in [5.74, 6) is 0.745. The smallest absolute Gasteiger partial charge is 0.294 e. The number of rotatable bonds is 5. The summed E-state index contributed by atoms with van der Waals surface area (Å²) in [6.07, 6.45) is -2.88. The molecule has 0 radical (unpaired) electrons. The van der Waals surface area contributed by atoms with Crippen molar-refractivity contribution < 1.29 is 22.5 Å². The maximum absolute atomic E-state index is 12.6. The van der Waals surface area contributed by atoms with E-state index in [4.69, 9.17) is 5.73 Å². The Morgan fingerprint density at radius 3 is 1.66 bits per heavy atom. The molecular formula is C24H26Br2F4N6O2. The third-order valence-electron chi connectivity index (χ3n) is 4.89. The maximum atomic E-state index is 12.6. The summed E-state index contributed by atoms with van der Waals surface area (Å²) in [5.41, 5.74) is 6.35. The first kappa shape index (κ1) is 32.8. The van der Waals surface area contributed by atoms with Gasteiger partial charge in [-0.3, -0.25) is 14.7 Å². The molecule has 0 fully saturated rings. The number of hydrogen-bond donors (Lipinski definition) is 1. The second kappa shape index (κ2) is 13.5. The van der Waals surface area contributed by atoms with Crippen LogP contribution in [-0.2, 0) is 0 Å². The fraction of sp³-hybridized carbons (Fsp3) is 0.250. The molecule has 4 aromatic rings. The Kier molecular flexibility index (Phi) is 11.7. The molecular weight excluding hydrogens is 640 g/mol. The van der Waals surface area contributed by atoms with Crippen molar-refractivity contribution in [2.45, 2.75) is 41.6 Å². The number of benzene rings is 2. The van der Waals surface area contributed by atoms with Gasteiger partial charge in [0.1, 0.15) is 28.7 Å². The number of nitrogens with zero attached hydrogens (tertiary/aromatic N) is 5. The van der Waals surface area contributed by atoms with E-state index in [9.17, 15) is 27.7 Å². The molecule has 2 aromatic heterocycles. The summed E-state index contributed by atoms with van der Waals surface area (Å²) in [4.78, 5) is 17.9. The van der Waals surface area contributed by atoms with Crippen LogP contribution in [-0.4, -0.2) is 24.0 Å². The molecule has 0 saturated carbocycles. The fourth-order valence-corrected chi connectivity index (χ4v) is 4.01. The number of nitrogen functional groups attached to an aromatic ring is 1. The van der Waals surface area contributed by atoms with Crippen LogP contribution in [0, 0.1) is 24.0 Å². The third-order valence-corrected chi connectivity index (χ3v) is 5.88. The van der Waals surface area contributed by atoms with E-state index in [-0.39, 0.29) is 37.7 Å². The van der Waals surface area contributed by atoms with E-state index < -0.39 is 23.5 Å². The van der Waals surface area contributed by atoms with Crippen molar-refractivity contribution in [2.75, 3.05) is 5.73 Å². The molecule has 0 amide bonds. The molecule has 0 atom stereocenters. The van der Waals surface area contributed by atoms with Crippen molar-refractivity contribution in [2.24, 2.45) is 0 Å². The molecule has 206 valence electrons. The van der Waals surface area contributed by atoms with Crippen molar-refractivity contribution >= 4 is 43.2 Å². The molecule has 0 bridgehead atoms. The van der Waals surface area contributed by atoms with Gasteiger partial charge >= 0.3 is 0 Å². The monoisotopic (exact) mass is 664 g/mol. The zero-order valence-corrected chi connectivity index (χ0v) is 21.8. The van der Waals surface area contributed by atoms with Crippen LogP contribution in [0.15, 0.2) is 57.7 Å². The molecule has 0 saturated heterocycles. The van der Waals surface area contributed by atoms with Gasteiger partial charge in [-0.25, -0.2) is 27.5 Å². The zero-order valence-electron chi connectivity index (χ0n) is 18.7. The van der Waals surface area contributed by atoms with Gasteiger partial charge in [0.25, 0.3) is 18.5 Å². The highest BCUT2D eigenvalue weighted by Gasteiger charge is 2.20. The van der Waals surface area contributed by atoms with Crippen LogP contribution in [0.5, 0.6) is 0 Å². The number of imidazole rings is 2. The first-order valence-corrected chi connectivity index (χ1v) is 11.7. The van der Waals surface area contributed by atoms with E-state index in [1.807, 2.05) is 0 Å². The Labute approximate surface area is 233 Å². The highest BCUT2D eigenvalue weighted by atomic mass is 79.9. The number of hydrogen-bond acceptors (Lipinski definition) is 5. The number of anilines is 1. The molecule has 2 heterocycles. The minimum atomic E-state index is -2.71. The lowest BCUT2D eigenvalue weighted by Crippen LogP contribution is -2.01. The molecule has 0 unspecified atom stereocenters. The third kappa shape index (κ3) is 7.40. The summed E-state index contributed by atoms with van der Waals surface area (Å²) in [6, 6.07) is 9.67. The topological polar surface area (TPSA) is 105 Å². The fourth-order valence-electron chi connectivity index (χ4n) is 3.28. The van der Waals surface area contributed by atoms with Gasteiger partial charge in [0.2, 0.25) is 0 Å². The number of nitro groups is 1. The van der Waals surface area contributed by atoms with E-state index in [1.54, 1.807) is 35.8 Å². The van der Waals surface area contributed by atoms with Crippen LogP contribution in [0.3, 0.4) is 0 Å². The van der Waals surface area contributed by atoms with Gasteiger partial charge in [-0.1, -0.05) is 46.7 Å².